The summed E-state index contributed by atoms with van der Waals surface area (Å²) in [6.45, 7) is 4.14. The van der Waals surface area contributed by atoms with E-state index in [0.717, 1.165) is 38.3 Å². The molecule has 3 unspecified atom stereocenters. The van der Waals surface area contributed by atoms with Crippen molar-refractivity contribution in [2.45, 2.75) is 83.2 Å². The molecule has 0 aromatic rings. The van der Waals surface area contributed by atoms with Gasteiger partial charge in [-0.1, -0.05) is 39.0 Å². The molecule has 0 spiro atoms. The van der Waals surface area contributed by atoms with Gasteiger partial charge in [0.15, 0.2) is 0 Å². The number of carbonyl (C=O) groups is 1. The van der Waals surface area contributed by atoms with Gasteiger partial charge in [-0.2, -0.15) is 0 Å². The molecule has 3 atom stereocenters. The summed E-state index contributed by atoms with van der Waals surface area (Å²) >= 11 is 0. The predicted octanol–water partition coefficient (Wildman–Crippen LogP) is 3.34. The van der Waals surface area contributed by atoms with E-state index < -0.39 is 0 Å². The van der Waals surface area contributed by atoms with Crippen LogP contribution in [0.15, 0.2) is 0 Å². The van der Waals surface area contributed by atoms with Gasteiger partial charge in [0.25, 0.3) is 0 Å². The SMILES string of the molecule is CCC(CC1CCCCC1)C(=O)N1CCC2CCC(C1)N2. The zero-order chi connectivity index (χ0) is 14.7. The zero-order valence-electron chi connectivity index (χ0n) is 13.7. The first-order chi connectivity index (χ1) is 10.3. The van der Waals surface area contributed by atoms with Crippen LogP contribution in [0.2, 0.25) is 0 Å². The molecule has 1 aliphatic carbocycles. The molecule has 120 valence electrons. The summed E-state index contributed by atoms with van der Waals surface area (Å²) in [4.78, 5) is 15.1. The lowest BCUT2D eigenvalue weighted by Crippen LogP contribution is -2.42. The molecule has 2 heterocycles. The highest BCUT2D eigenvalue weighted by Gasteiger charge is 2.33. The molecule has 1 amide bonds. The van der Waals surface area contributed by atoms with Gasteiger partial charge in [0, 0.05) is 31.1 Å². The van der Waals surface area contributed by atoms with Gasteiger partial charge in [-0.15, -0.1) is 0 Å². The maximum Gasteiger partial charge on any atom is 0.225 e. The standard InChI is InChI=1S/C18H32N2O/c1-2-15(12-14-6-4-3-5-7-14)18(21)20-11-10-16-8-9-17(13-20)19-16/h14-17,19H,2-13H2,1H3. The Labute approximate surface area is 129 Å². The summed E-state index contributed by atoms with van der Waals surface area (Å²) in [5.41, 5.74) is 0. The van der Waals surface area contributed by atoms with Crippen LogP contribution in [0.4, 0.5) is 0 Å². The molecule has 1 N–H and O–H groups in total. The van der Waals surface area contributed by atoms with E-state index in [2.05, 4.69) is 17.1 Å². The minimum absolute atomic E-state index is 0.282. The summed E-state index contributed by atoms with van der Waals surface area (Å²) < 4.78 is 0. The lowest BCUT2D eigenvalue weighted by atomic mass is 9.81. The molecular weight excluding hydrogens is 260 g/mol. The van der Waals surface area contributed by atoms with Crippen LogP contribution in [-0.2, 0) is 4.79 Å². The molecular formula is C18H32N2O. The first-order valence-corrected chi connectivity index (χ1v) is 9.31. The first kappa shape index (κ1) is 15.3. The highest BCUT2D eigenvalue weighted by Crippen LogP contribution is 2.31. The molecule has 0 aromatic heterocycles. The Morgan fingerprint density at radius 2 is 1.86 bits per heavy atom. The van der Waals surface area contributed by atoms with Crippen molar-refractivity contribution in [3.05, 3.63) is 0 Å². The Kier molecular flexibility index (Phi) is 5.20. The number of carbonyl (C=O) groups excluding carboxylic acids is 1. The van der Waals surface area contributed by atoms with Crippen molar-refractivity contribution < 1.29 is 4.79 Å². The highest BCUT2D eigenvalue weighted by atomic mass is 16.2. The minimum atomic E-state index is 0.282. The van der Waals surface area contributed by atoms with Crippen molar-refractivity contribution in [3.63, 3.8) is 0 Å². The van der Waals surface area contributed by atoms with Crippen molar-refractivity contribution in [3.8, 4) is 0 Å². The van der Waals surface area contributed by atoms with Crippen molar-refractivity contribution in [2.75, 3.05) is 13.1 Å². The largest absolute Gasteiger partial charge is 0.341 e. The van der Waals surface area contributed by atoms with Crippen LogP contribution in [0.5, 0.6) is 0 Å². The van der Waals surface area contributed by atoms with Crippen LogP contribution in [0.1, 0.15) is 71.1 Å². The van der Waals surface area contributed by atoms with E-state index in [-0.39, 0.29) is 5.92 Å². The molecule has 3 rings (SSSR count). The second kappa shape index (κ2) is 7.13. The molecule has 0 radical (unpaired) electrons. The number of likely N-dealkylation sites (tertiary alicyclic amines) is 1. The number of hydrogen-bond donors (Lipinski definition) is 1. The Balaban J connectivity index is 1.56. The van der Waals surface area contributed by atoms with Crippen molar-refractivity contribution >= 4 is 5.91 Å². The fourth-order valence-electron chi connectivity index (χ4n) is 4.67. The van der Waals surface area contributed by atoms with Crippen LogP contribution in [0, 0.1) is 11.8 Å². The van der Waals surface area contributed by atoms with Crippen molar-refractivity contribution in [1.82, 2.24) is 10.2 Å². The topological polar surface area (TPSA) is 32.3 Å². The van der Waals surface area contributed by atoms with Gasteiger partial charge < -0.3 is 10.2 Å². The van der Waals surface area contributed by atoms with E-state index in [1.165, 1.54) is 44.9 Å². The quantitative estimate of drug-likeness (QED) is 0.862. The third-order valence-corrected chi connectivity index (χ3v) is 6.02. The fraction of sp³-hybridized carbons (Fsp3) is 0.944. The summed E-state index contributed by atoms with van der Waals surface area (Å²) in [6.07, 6.45) is 12.8. The van der Waals surface area contributed by atoms with Gasteiger partial charge >= 0.3 is 0 Å². The first-order valence-electron chi connectivity index (χ1n) is 9.31. The number of nitrogens with zero attached hydrogens (tertiary/aromatic N) is 1. The number of amides is 1. The van der Waals surface area contributed by atoms with E-state index in [0.29, 0.717) is 18.0 Å². The van der Waals surface area contributed by atoms with Gasteiger partial charge in [0.05, 0.1) is 0 Å². The van der Waals surface area contributed by atoms with E-state index in [9.17, 15) is 4.79 Å². The Hall–Kier alpha value is -0.570. The third kappa shape index (κ3) is 3.80. The van der Waals surface area contributed by atoms with E-state index in [4.69, 9.17) is 0 Å². The summed E-state index contributed by atoms with van der Waals surface area (Å²) in [7, 11) is 0. The molecule has 3 fully saturated rings. The normalized spacial score (nSPS) is 32.0. The molecule has 0 aromatic carbocycles. The van der Waals surface area contributed by atoms with Crippen molar-refractivity contribution in [1.29, 1.82) is 0 Å². The Bertz CT molecular complexity index is 351. The summed E-state index contributed by atoms with van der Waals surface area (Å²) in [6, 6.07) is 1.24. The molecule has 21 heavy (non-hydrogen) atoms. The fourth-order valence-corrected chi connectivity index (χ4v) is 4.67. The van der Waals surface area contributed by atoms with Crippen LogP contribution in [0.25, 0.3) is 0 Å². The smallest absolute Gasteiger partial charge is 0.225 e. The van der Waals surface area contributed by atoms with Gasteiger partial charge in [-0.05, 0) is 38.0 Å². The van der Waals surface area contributed by atoms with E-state index >= 15 is 0 Å². The third-order valence-electron chi connectivity index (χ3n) is 6.02. The Morgan fingerprint density at radius 1 is 1.10 bits per heavy atom. The maximum absolute atomic E-state index is 12.9. The van der Waals surface area contributed by atoms with Crippen LogP contribution < -0.4 is 5.32 Å². The number of rotatable bonds is 4. The molecule has 2 saturated heterocycles. The molecule has 2 bridgehead atoms. The minimum Gasteiger partial charge on any atom is -0.341 e. The zero-order valence-corrected chi connectivity index (χ0v) is 13.7. The van der Waals surface area contributed by atoms with E-state index in [1.807, 2.05) is 0 Å². The van der Waals surface area contributed by atoms with Crippen LogP contribution in [-0.4, -0.2) is 36.0 Å². The average molecular weight is 292 g/mol. The number of fused-ring (bicyclic) bond motifs is 2. The second-order valence-corrected chi connectivity index (χ2v) is 7.56. The molecule has 3 heteroatoms. The van der Waals surface area contributed by atoms with E-state index in [1.54, 1.807) is 0 Å². The summed E-state index contributed by atoms with van der Waals surface area (Å²) in [5, 5.41) is 3.68. The van der Waals surface area contributed by atoms with Gasteiger partial charge in [0.1, 0.15) is 0 Å². The molecule has 3 nitrogen and oxygen atoms in total. The van der Waals surface area contributed by atoms with Gasteiger partial charge in [0.2, 0.25) is 5.91 Å². The number of nitrogens with one attached hydrogen (secondary N) is 1. The molecule has 2 aliphatic heterocycles. The van der Waals surface area contributed by atoms with Gasteiger partial charge in [-0.25, -0.2) is 0 Å². The lowest BCUT2D eigenvalue weighted by molar-refractivity contribution is -0.136. The average Bonchev–Trinajstić information content (AvgIpc) is 2.84. The number of hydrogen-bond acceptors (Lipinski definition) is 2. The van der Waals surface area contributed by atoms with Crippen LogP contribution >= 0.6 is 0 Å². The van der Waals surface area contributed by atoms with Gasteiger partial charge in [-0.3, -0.25) is 4.79 Å². The van der Waals surface area contributed by atoms with Crippen molar-refractivity contribution in [2.24, 2.45) is 11.8 Å². The Morgan fingerprint density at radius 3 is 2.62 bits per heavy atom. The highest BCUT2D eigenvalue weighted by molar-refractivity contribution is 5.79. The maximum atomic E-state index is 12.9. The lowest BCUT2D eigenvalue weighted by Gasteiger charge is -2.31. The molecule has 3 aliphatic rings. The second-order valence-electron chi connectivity index (χ2n) is 7.56. The molecule has 1 saturated carbocycles. The monoisotopic (exact) mass is 292 g/mol. The predicted molar refractivity (Wildman–Crippen MR) is 86.1 cm³/mol. The summed E-state index contributed by atoms with van der Waals surface area (Å²) in [5.74, 6) is 1.55. The van der Waals surface area contributed by atoms with Crippen LogP contribution in [0.3, 0.4) is 0 Å².